The topological polar surface area (TPSA) is 35.2 Å². The van der Waals surface area contributed by atoms with Crippen LogP contribution in [0, 0.1) is 0 Å². The van der Waals surface area contributed by atoms with Gasteiger partial charge in [-0.15, -0.1) is 0 Å². The Morgan fingerprint density at radius 3 is 2.48 bits per heavy atom. The van der Waals surface area contributed by atoms with Crippen LogP contribution < -0.4 is 10.5 Å². The normalized spacial score (nSPS) is 10.8. The van der Waals surface area contributed by atoms with Crippen molar-refractivity contribution in [2.45, 2.75) is 6.54 Å². The molecular formula is C17H13Br2NO. The van der Waals surface area contributed by atoms with E-state index in [1.165, 1.54) is 5.39 Å². The lowest BCUT2D eigenvalue weighted by Gasteiger charge is -2.12. The fraction of sp³-hybridized carbons (Fsp3) is 0.0588. The van der Waals surface area contributed by atoms with Crippen molar-refractivity contribution in [1.82, 2.24) is 0 Å². The van der Waals surface area contributed by atoms with Gasteiger partial charge in [-0.05, 0) is 47.2 Å². The fourth-order valence-electron chi connectivity index (χ4n) is 2.22. The van der Waals surface area contributed by atoms with Gasteiger partial charge >= 0.3 is 0 Å². The summed E-state index contributed by atoms with van der Waals surface area (Å²) in [5, 5.41) is 2.31. The molecule has 0 aromatic heterocycles. The maximum absolute atomic E-state index is 6.00. The molecule has 4 heteroatoms. The zero-order valence-electron chi connectivity index (χ0n) is 11.1. The molecular weight excluding hydrogens is 394 g/mol. The smallest absolute Gasteiger partial charge is 0.133 e. The first-order chi connectivity index (χ1) is 10.2. The van der Waals surface area contributed by atoms with Gasteiger partial charge in [0, 0.05) is 21.1 Å². The second-order valence-corrected chi connectivity index (χ2v) is 6.45. The van der Waals surface area contributed by atoms with Crippen molar-refractivity contribution in [3.63, 3.8) is 0 Å². The first-order valence-corrected chi connectivity index (χ1v) is 8.10. The number of rotatable bonds is 3. The number of nitrogens with two attached hydrogens (primary N) is 1. The van der Waals surface area contributed by atoms with E-state index in [1.807, 2.05) is 36.4 Å². The van der Waals surface area contributed by atoms with Crippen LogP contribution in [0.5, 0.6) is 11.5 Å². The highest BCUT2D eigenvalue weighted by Gasteiger charge is 2.07. The standard InChI is InChI=1S/C17H13Br2NO/c18-13-6-4-12-9-14(7-5-11(12)8-13)21-17-3-1-2-16(19)15(17)10-20/h1-9H,10,20H2. The number of hydrogen-bond donors (Lipinski definition) is 1. The van der Waals surface area contributed by atoms with Crippen molar-refractivity contribution in [2.75, 3.05) is 0 Å². The summed E-state index contributed by atoms with van der Waals surface area (Å²) in [6.45, 7) is 0.428. The van der Waals surface area contributed by atoms with Gasteiger partial charge in [0.05, 0.1) is 0 Å². The molecule has 0 heterocycles. The van der Waals surface area contributed by atoms with Gasteiger partial charge in [-0.3, -0.25) is 0 Å². The van der Waals surface area contributed by atoms with E-state index in [-0.39, 0.29) is 0 Å². The van der Waals surface area contributed by atoms with Gasteiger partial charge in [-0.2, -0.15) is 0 Å². The average molecular weight is 407 g/mol. The summed E-state index contributed by atoms with van der Waals surface area (Å²) in [4.78, 5) is 0. The summed E-state index contributed by atoms with van der Waals surface area (Å²) in [5.74, 6) is 1.58. The van der Waals surface area contributed by atoms with Crippen LogP contribution in [0.3, 0.4) is 0 Å². The molecule has 0 radical (unpaired) electrons. The Labute approximate surface area is 140 Å². The van der Waals surface area contributed by atoms with E-state index in [2.05, 4.69) is 50.1 Å². The molecule has 0 aliphatic carbocycles. The van der Waals surface area contributed by atoms with E-state index in [4.69, 9.17) is 10.5 Å². The van der Waals surface area contributed by atoms with Crippen LogP contribution in [0.2, 0.25) is 0 Å². The van der Waals surface area contributed by atoms with Crippen LogP contribution in [0.15, 0.2) is 63.5 Å². The molecule has 106 valence electrons. The van der Waals surface area contributed by atoms with E-state index in [0.717, 1.165) is 31.4 Å². The number of ether oxygens (including phenoxy) is 1. The van der Waals surface area contributed by atoms with Crippen molar-refractivity contribution in [1.29, 1.82) is 0 Å². The number of halogens is 2. The molecule has 0 fully saturated rings. The molecule has 3 aromatic rings. The summed E-state index contributed by atoms with van der Waals surface area (Å²) >= 11 is 6.98. The molecule has 3 rings (SSSR count). The summed E-state index contributed by atoms with van der Waals surface area (Å²) in [5.41, 5.74) is 6.76. The predicted octanol–water partition coefficient (Wildman–Crippen LogP) is 5.62. The first kappa shape index (κ1) is 14.6. The molecule has 0 unspecified atom stereocenters. The van der Waals surface area contributed by atoms with Crippen LogP contribution >= 0.6 is 31.9 Å². The lowest BCUT2D eigenvalue weighted by Crippen LogP contribution is -2.00. The first-order valence-electron chi connectivity index (χ1n) is 6.52. The van der Waals surface area contributed by atoms with Crippen LogP contribution in [0.25, 0.3) is 10.8 Å². The van der Waals surface area contributed by atoms with E-state index in [0.29, 0.717) is 6.54 Å². The van der Waals surface area contributed by atoms with Gasteiger partial charge < -0.3 is 10.5 Å². The molecule has 0 saturated carbocycles. The molecule has 21 heavy (non-hydrogen) atoms. The van der Waals surface area contributed by atoms with Gasteiger partial charge in [0.1, 0.15) is 11.5 Å². The molecule has 0 aliphatic heterocycles. The minimum absolute atomic E-state index is 0.428. The van der Waals surface area contributed by atoms with Crippen molar-refractivity contribution < 1.29 is 4.74 Å². The third-order valence-corrected chi connectivity index (χ3v) is 4.52. The van der Waals surface area contributed by atoms with Gasteiger partial charge in [0.2, 0.25) is 0 Å². The summed E-state index contributed by atoms with van der Waals surface area (Å²) in [6, 6.07) is 18.1. The Morgan fingerprint density at radius 2 is 1.67 bits per heavy atom. The van der Waals surface area contributed by atoms with E-state index < -0.39 is 0 Å². The van der Waals surface area contributed by atoms with E-state index in [1.54, 1.807) is 0 Å². The van der Waals surface area contributed by atoms with Crippen molar-refractivity contribution in [2.24, 2.45) is 5.73 Å². The monoisotopic (exact) mass is 405 g/mol. The molecule has 0 amide bonds. The highest BCUT2D eigenvalue weighted by molar-refractivity contribution is 9.10. The lowest BCUT2D eigenvalue weighted by molar-refractivity contribution is 0.476. The minimum Gasteiger partial charge on any atom is -0.457 e. The molecule has 3 aromatic carbocycles. The van der Waals surface area contributed by atoms with E-state index in [9.17, 15) is 0 Å². The Bertz CT molecular complexity index is 802. The van der Waals surface area contributed by atoms with Crippen molar-refractivity contribution in [3.8, 4) is 11.5 Å². The number of benzene rings is 3. The van der Waals surface area contributed by atoms with Crippen LogP contribution in [-0.2, 0) is 6.54 Å². The third kappa shape index (κ3) is 3.12. The zero-order chi connectivity index (χ0) is 14.8. The highest BCUT2D eigenvalue weighted by Crippen LogP contribution is 2.32. The zero-order valence-corrected chi connectivity index (χ0v) is 14.3. The van der Waals surface area contributed by atoms with Gasteiger partial charge in [0.15, 0.2) is 0 Å². The van der Waals surface area contributed by atoms with E-state index >= 15 is 0 Å². The molecule has 0 bridgehead atoms. The molecule has 0 atom stereocenters. The fourth-order valence-corrected chi connectivity index (χ4v) is 3.11. The Morgan fingerprint density at radius 1 is 0.905 bits per heavy atom. The maximum atomic E-state index is 6.00. The van der Waals surface area contributed by atoms with Crippen molar-refractivity contribution in [3.05, 3.63) is 69.1 Å². The Kier molecular flexibility index (Phi) is 4.29. The van der Waals surface area contributed by atoms with Crippen LogP contribution in [-0.4, -0.2) is 0 Å². The molecule has 0 aliphatic rings. The summed E-state index contributed by atoms with van der Waals surface area (Å²) in [6.07, 6.45) is 0. The molecule has 2 nitrogen and oxygen atoms in total. The lowest BCUT2D eigenvalue weighted by atomic mass is 10.1. The second kappa shape index (κ2) is 6.18. The Hall–Kier alpha value is -1.36. The predicted molar refractivity (Wildman–Crippen MR) is 93.8 cm³/mol. The SMILES string of the molecule is NCc1c(Br)cccc1Oc1ccc2cc(Br)ccc2c1. The largest absolute Gasteiger partial charge is 0.457 e. The van der Waals surface area contributed by atoms with Crippen LogP contribution in [0.1, 0.15) is 5.56 Å². The summed E-state index contributed by atoms with van der Waals surface area (Å²) < 4.78 is 8.03. The highest BCUT2D eigenvalue weighted by atomic mass is 79.9. The molecule has 2 N–H and O–H groups in total. The molecule has 0 spiro atoms. The van der Waals surface area contributed by atoms with Crippen LogP contribution in [0.4, 0.5) is 0 Å². The average Bonchev–Trinajstić information content (AvgIpc) is 2.48. The number of fused-ring (bicyclic) bond motifs is 1. The summed E-state index contributed by atoms with van der Waals surface area (Å²) in [7, 11) is 0. The third-order valence-electron chi connectivity index (χ3n) is 3.28. The quantitative estimate of drug-likeness (QED) is 0.612. The van der Waals surface area contributed by atoms with Gasteiger partial charge in [-0.25, -0.2) is 0 Å². The van der Waals surface area contributed by atoms with Gasteiger partial charge in [0.25, 0.3) is 0 Å². The maximum Gasteiger partial charge on any atom is 0.133 e. The number of hydrogen-bond acceptors (Lipinski definition) is 2. The second-order valence-electron chi connectivity index (χ2n) is 4.68. The molecule has 0 saturated heterocycles. The van der Waals surface area contributed by atoms with Gasteiger partial charge in [-0.1, -0.05) is 50.1 Å². The van der Waals surface area contributed by atoms with Crippen molar-refractivity contribution >= 4 is 42.6 Å². The Balaban J connectivity index is 1.98. The minimum atomic E-state index is 0.428.